The summed E-state index contributed by atoms with van der Waals surface area (Å²) in [5, 5.41) is 2.86. The van der Waals surface area contributed by atoms with Crippen LogP contribution in [0.3, 0.4) is 0 Å². The van der Waals surface area contributed by atoms with Crippen molar-refractivity contribution in [1.29, 1.82) is 0 Å². The zero-order valence-corrected chi connectivity index (χ0v) is 15.5. The molecule has 132 valence electrons. The van der Waals surface area contributed by atoms with E-state index in [4.69, 9.17) is 14.2 Å². The molecule has 2 aromatic rings. The van der Waals surface area contributed by atoms with Gasteiger partial charge in [0.25, 0.3) is 5.91 Å². The lowest BCUT2D eigenvalue weighted by molar-refractivity contribution is 0.0677. The first-order chi connectivity index (χ1) is 12.2. The summed E-state index contributed by atoms with van der Waals surface area (Å²) in [5.74, 6) is 1.27. The molecular weight excluding hydrogens is 386 g/mol. The monoisotopic (exact) mass is 405 g/mol. The van der Waals surface area contributed by atoms with Crippen molar-refractivity contribution in [1.82, 2.24) is 0 Å². The molecule has 3 rings (SSSR count). The van der Waals surface area contributed by atoms with Crippen molar-refractivity contribution in [3.8, 4) is 11.5 Å². The van der Waals surface area contributed by atoms with Gasteiger partial charge in [0.2, 0.25) is 0 Å². The first kappa shape index (κ1) is 17.8. The van der Waals surface area contributed by atoms with Crippen LogP contribution in [-0.2, 0) is 4.74 Å². The highest BCUT2D eigenvalue weighted by Crippen LogP contribution is 2.27. The van der Waals surface area contributed by atoms with Crippen LogP contribution in [0.2, 0.25) is 0 Å². The van der Waals surface area contributed by atoms with E-state index < -0.39 is 0 Å². The lowest BCUT2D eigenvalue weighted by atomic mass is 10.2. The molecule has 1 fully saturated rings. The zero-order chi connectivity index (χ0) is 17.6. The third-order valence-electron chi connectivity index (χ3n) is 3.99. The van der Waals surface area contributed by atoms with Crippen LogP contribution in [0.5, 0.6) is 11.5 Å². The quantitative estimate of drug-likeness (QED) is 0.779. The van der Waals surface area contributed by atoms with Crippen LogP contribution in [0.15, 0.2) is 46.9 Å². The van der Waals surface area contributed by atoms with Crippen LogP contribution in [0.25, 0.3) is 0 Å². The fourth-order valence-corrected chi connectivity index (χ4v) is 3.09. The van der Waals surface area contributed by atoms with Gasteiger partial charge in [0.15, 0.2) is 0 Å². The van der Waals surface area contributed by atoms with E-state index in [2.05, 4.69) is 21.2 Å². The van der Waals surface area contributed by atoms with Crippen molar-refractivity contribution in [2.24, 2.45) is 0 Å². The Labute approximate surface area is 155 Å². The topological polar surface area (TPSA) is 56.8 Å². The second-order valence-corrected chi connectivity index (χ2v) is 6.63. The number of hydrogen-bond acceptors (Lipinski definition) is 4. The predicted octanol–water partition coefficient (Wildman–Crippen LogP) is 4.27. The first-order valence-electron chi connectivity index (χ1n) is 8.15. The van der Waals surface area contributed by atoms with Crippen molar-refractivity contribution >= 4 is 27.5 Å². The summed E-state index contributed by atoms with van der Waals surface area (Å²) in [7, 11) is 1.60. The number of nitrogens with one attached hydrogen (secondary N) is 1. The highest BCUT2D eigenvalue weighted by molar-refractivity contribution is 9.10. The van der Waals surface area contributed by atoms with E-state index in [9.17, 15) is 4.79 Å². The summed E-state index contributed by atoms with van der Waals surface area (Å²) in [5.41, 5.74) is 1.26. The summed E-state index contributed by atoms with van der Waals surface area (Å²) in [6, 6.07) is 12.5. The lowest BCUT2D eigenvalue weighted by Gasteiger charge is -2.13. The molecule has 1 saturated heterocycles. The van der Waals surface area contributed by atoms with Gasteiger partial charge in [-0.25, -0.2) is 0 Å². The number of anilines is 1. The Morgan fingerprint density at radius 2 is 2.08 bits per heavy atom. The Hall–Kier alpha value is -2.05. The molecule has 0 bridgehead atoms. The molecule has 0 aliphatic carbocycles. The SMILES string of the molecule is COc1ccc(NC(=O)c2ccc(OCC3CCCO3)c(Br)c2)cc1. The van der Waals surface area contributed by atoms with E-state index in [0.717, 1.165) is 29.7 Å². The average Bonchev–Trinajstić information content (AvgIpc) is 3.15. The van der Waals surface area contributed by atoms with Crippen molar-refractivity contribution in [2.75, 3.05) is 25.6 Å². The maximum atomic E-state index is 12.4. The van der Waals surface area contributed by atoms with Gasteiger partial charge in [-0.15, -0.1) is 0 Å². The number of methoxy groups -OCH3 is 1. The molecule has 0 radical (unpaired) electrons. The molecule has 5 nitrogen and oxygen atoms in total. The molecular formula is C19H20BrNO4. The van der Waals surface area contributed by atoms with E-state index in [1.165, 1.54) is 0 Å². The molecule has 2 aromatic carbocycles. The Morgan fingerprint density at radius 3 is 2.72 bits per heavy atom. The summed E-state index contributed by atoms with van der Waals surface area (Å²) in [4.78, 5) is 12.4. The molecule has 1 amide bonds. The average molecular weight is 406 g/mol. The second-order valence-electron chi connectivity index (χ2n) is 5.77. The van der Waals surface area contributed by atoms with Gasteiger partial charge >= 0.3 is 0 Å². The standard InChI is InChI=1S/C19H20BrNO4/c1-23-15-7-5-14(6-8-15)21-19(22)13-4-9-18(17(20)11-13)25-12-16-3-2-10-24-16/h4-9,11,16H,2-3,10,12H2,1H3,(H,21,22). The largest absolute Gasteiger partial charge is 0.497 e. The van der Waals surface area contributed by atoms with Gasteiger partial charge < -0.3 is 19.5 Å². The fraction of sp³-hybridized carbons (Fsp3) is 0.316. The number of carbonyl (C=O) groups excluding carboxylic acids is 1. The van der Waals surface area contributed by atoms with Crippen LogP contribution in [0, 0.1) is 0 Å². The highest BCUT2D eigenvalue weighted by atomic mass is 79.9. The molecule has 1 heterocycles. The Kier molecular flexibility index (Phi) is 5.94. The number of rotatable bonds is 6. The normalized spacial score (nSPS) is 16.5. The van der Waals surface area contributed by atoms with E-state index >= 15 is 0 Å². The van der Waals surface area contributed by atoms with Gasteiger partial charge in [0, 0.05) is 17.9 Å². The van der Waals surface area contributed by atoms with E-state index in [0.29, 0.717) is 23.6 Å². The molecule has 0 spiro atoms. The number of amides is 1. The maximum absolute atomic E-state index is 12.4. The van der Waals surface area contributed by atoms with Gasteiger partial charge in [-0.3, -0.25) is 4.79 Å². The molecule has 1 N–H and O–H groups in total. The lowest BCUT2D eigenvalue weighted by Crippen LogP contribution is -2.16. The molecule has 1 atom stereocenters. The van der Waals surface area contributed by atoms with Crippen molar-refractivity contribution in [3.05, 3.63) is 52.5 Å². The third-order valence-corrected chi connectivity index (χ3v) is 4.61. The van der Waals surface area contributed by atoms with E-state index in [1.54, 1.807) is 49.6 Å². The Morgan fingerprint density at radius 1 is 1.28 bits per heavy atom. The van der Waals surface area contributed by atoms with Gasteiger partial charge in [-0.05, 0) is 71.2 Å². The molecule has 0 aromatic heterocycles. The number of hydrogen-bond donors (Lipinski definition) is 1. The van der Waals surface area contributed by atoms with Crippen LogP contribution in [0.4, 0.5) is 5.69 Å². The van der Waals surface area contributed by atoms with Crippen molar-refractivity contribution < 1.29 is 19.0 Å². The van der Waals surface area contributed by atoms with Crippen molar-refractivity contribution in [2.45, 2.75) is 18.9 Å². The van der Waals surface area contributed by atoms with Crippen LogP contribution < -0.4 is 14.8 Å². The zero-order valence-electron chi connectivity index (χ0n) is 14.0. The summed E-state index contributed by atoms with van der Waals surface area (Å²) in [6.07, 6.45) is 2.27. The fourth-order valence-electron chi connectivity index (χ4n) is 2.60. The summed E-state index contributed by atoms with van der Waals surface area (Å²) < 4.78 is 17.2. The predicted molar refractivity (Wildman–Crippen MR) is 99.6 cm³/mol. The van der Waals surface area contributed by atoms with E-state index in [1.807, 2.05) is 0 Å². The number of ether oxygens (including phenoxy) is 3. The minimum atomic E-state index is -0.184. The minimum Gasteiger partial charge on any atom is -0.497 e. The van der Waals surface area contributed by atoms with Crippen LogP contribution in [0.1, 0.15) is 23.2 Å². The summed E-state index contributed by atoms with van der Waals surface area (Å²) >= 11 is 3.47. The smallest absolute Gasteiger partial charge is 0.255 e. The van der Waals surface area contributed by atoms with E-state index in [-0.39, 0.29) is 12.0 Å². The Bertz CT molecular complexity index is 727. The molecule has 25 heavy (non-hydrogen) atoms. The van der Waals surface area contributed by atoms with Crippen LogP contribution >= 0.6 is 15.9 Å². The molecule has 1 aliphatic heterocycles. The van der Waals surface area contributed by atoms with Gasteiger partial charge in [0.1, 0.15) is 18.1 Å². The third kappa shape index (κ3) is 4.74. The first-order valence-corrected chi connectivity index (χ1v) is 8.94. The molecule has 1 aliphatic rings. The molecule has 0 saturated carbocycles. The van der Waals surface area contributed by atoms with Crippen molar-refractivity contribution in [3.63, 3.8) is 0 Å². The Balaban J connectivity index is 1.61. The van der Waals surface area contributed by atoms with Gasteiger partial charge in [-0.1, -0.05) is 0 Å². The minimum absolute atomic E-state index is 0.157. The van der Waals surface area contributed by atoms with Gasteiger partial charge in [0.05, 0.1) is 17.7 Å². The summed E-state index contributed by atoms with van der Waals surface area (Å²) in [6.45, 7) is 1.33. The second kappa shape index (κ2) is 8.36. The molecule has 6 heteroatoms. The maximum Gasteiger partial charge on any atom is 0.255 e. The number of benzene rings is 2. The number of carbonyl (C=O) groups is 1. The molecule has 1 unspecified atom stereocenters. The van der Waals surface area contributed by atoms with Gasteiger partial charge in [-0.2, -0.15) is 0 Å². The number of halogens is 1. The highest BCUT2D eigenvalue weighted by Gasteiger charge is 2.17. The van der Waals surface area contributed by atoms with Crippen LogP contribution in [-0.4, -0.2) is 32.3 Å².